The molecular formula is C12H20ClN3O. The van der Waals surface area contributed by atoms with Crippen molar-refractivity contribution >= 4 is 17.5 Å². The van der Waals surface area contributed by atoms with Gasteiger partial charge in [-0.2, -0.15) is 5.10 Å². The number of aromatic nitrogens is 2. The fourth-order valence-corrected chi connectivity index (χ4v) is 1.63. The maximum atomic E-state index is 11.6. The summed E-state index contributed by atoms with van der Waals surface area (Å²) in [5.41, 5.74) is 1.92. The monoisotopic (exact) mass is 257 g/mol. The van der Waals surface area contributed by atoms with Crippen LogP contribution in [0, 0.1) is 0 Å². The van der Waals surface area contributed by atoms with Crippen LogP contribution >= 0.6 is 11.6 Å². The predicted octanol–water partition coefficient (Wildman–Crippen LogP) is 2.29. The second-order valence-electron chi connectivity index (χ2n) is 5.34. The second kappa shape index (κ2) is 5.08. The van der Waals surface area contributed by atoms with Crippen molar-refractivity contribution in [3.63, 3.8) is 0 Å². The van der Waals surface area contributed by atoms with E-state index < -0.39 is 5.38 Å². The van der Waals surface area contributed by atoms with Crippen LogP contribution in [0.25, 0.3) is 0 Å². The first-order chi connectivity index (χ1) is 7.71. The Morgan fingerprint density at radius 3 is 2.59 bits per heavy atom. The van der Waals surface area contributed by atoms with Crippen LogP contribution in [0.1, 0.15) is 39.1 Å². The molecule has 1 aromatic rings. The van der Waals surface area contributed by atoms with Gasteiger partial charge in [-0.1, -0.05) is 20.8 Å². The fraction of sp³-hybridized carbons (Fsp3) is 0.667. The molecule has 1 atom stereocenters. The molecule has 0 aliphatic rings. The summed E-state index contributed by atoms with van der Waals surface area (Å²) in [5, 5.41) is 6.70. The molecule has 0 radical (unpaired) electrons. The summed E-state index contributed by atoms with van der Waals surface area (Å²) in [6, 6.07) is 1.99. The largest absolute Gasteiger partial charge is 0.339 e. The number of amides is 1. The third kappa shape index (κ3) is 3.73. The maximum absolute atomic E-state index is 11.6. The molecule has 1 amide bonds. The van der Waals surface area contributed by atoms with Gasteiger partial charge in [0.05, 0.1) is 17.9 Å². The minimum Gasteiger partial charge on any atom is -0.339 e. The first-order valence-corrected chi connectivity index (χ1v) is 6.09. The van der Waals surface area contributed by atoms with Gasteiger partial charge in [-0.25, -0.2) is 0 Å². The Kier molecular flexibility index (Phi) is 4.20. The summed E-state index contributed by atoms with van der Waals surface area (Å²) in [5.74, 6) is -0.0847. The van der Waals surface area contributed by atoms with Crippen LogP contribution in [-0.4, -0.2) is 33.4 Å². The zero-order chi connectivity index (χ0) is 13.2. The molecule has 4 nitrogen and oxygen atoms in total. The molecule has 0 saturated carbocycles. The van der Waals surface area contributed by atoms with E-state index in [1.807, 2.05) is 6.07 Å². The third-order valence-corrected chi connectivity index (χ3v) is 2.71. The summed E-state index contributed by atoms with van der Waals surface area (Å²) in [6.07, 6.45) is 0. The number of hydrogen-bond donors (Lipinski definition) is 1. The van der Waals surface area contributed by atoms with Crippen LogP contribution in [0.3, 0.4) is 0 Å². The molecule has 0 spiro atoms. The highest BCUT2D eigenvalue weighted by Crippen LogP contribution is 2.20. The Labute approximate surface area is 107 Å². The normalized spacial score (nSPS) is 13.5. The molecule has 17 heavy (non-hydrogen) atoms. The molecule has 0 fully saturated rings. The average Bonchev–Trinajstić information content (AvgIpc) is 2.64. The van der Waals surface area contributed by atoms with Crippen molar-refractivity contribution in [2.45, 2.75) is 45.0 Å². The number of aromatic amines is 1. The highest BCUT2D eigenvalue weighted by molar-refractivity contribution is 6.30. The van der Waals surface area contributed by atoms with E-state index in [2.05, 4.69) is 31.0 Å². The van der Waals surface area contributed by atoms with E-state index >= 15 is 0 Å². The molecule has 96 valence electrons. The van der Waals surface area contributed by atoms with Gasteiger partial charge in [0.1, 0.15) is 5.38 Å². The van der Waals surface area contributed by atoms with E-state index in [1.165, 1.54) is 0 Å². The van der Waals surface area contributed by atoms with E-state index in [4.69, 9.17) is 11.6 Å². The van der Waals surface area contributed by atoms with Crippen molar-refractivity contribution in [2.75, 3.05) is 7.05 Å². The number of nitrogens with one attached hydrogen (secondary N) is 1. The Hall–Kier alpha value is -1.03. The third-order valence-electron chi connectivity index (χ3n) is 2.52. The zero-order valence-corrected chi connectivity index (χ0v) is 11.8. The number of halogens is 1. The summed E-state index contributed by atoms with van der Waals surface area (Å²) >= 11 is 5.75. The Morgan fingerprint density at radius 1 is 1.59 bits per heavy atom. The van der Waals surface area contributed by atoms with Gasteiger partial charge in [-0.3, -0.25) is 9.89 Å². The van der Waals surface area contributed by atoms with Crippen molar-refractivity contribution in [1.29, 1.82) is 0 Å². The van der Waals surface area contributed by atoms with E-state index in [0.29, 0.717) is 6.54 Å². The predicted molar refractivity (Wildman–Crippen MR) is 69.1 cm³/mol. The van der Waals surface area contributed by atoms with Gasteiger partial charge in [-0.15, -0.1) is 11.6 Å². The standard InChI is InChI=1S/C12H20ClN3O/c1-8(13)11(17)16(5)7-9-6-10(15-14-9)12(2,3)4/h6,8H,7H2,1-5H3,(H,14,15). The van der Waals surface area contributed by atoms with Gasteiger partial charge in [0.25, 0.3) is 0 Å². The Morgan fingerprint density at radius 2 is 2.18 bits per heavy atom. The molecule has 1 aromatic heterocycles. The van der Waals surface area contributed by atoms with Crippen molar-refractivity contribution in [3.05, 3.63) is 17.5 Å². The van der Waals surface area contributed by atoms with Crippen LogP contribution in [0.4, 0.5) is 0 Å². The number of nitrogens with zero attached hydrogens (tertiary/aromatic N) is 2. The lowest BCUT2D eigenvalue weighted by molar-refractivity contribution is -0.129. The summed E-state index contributed by atoms with van der Waals surface area (Å²) in [7, 11) is 1.73. The number of rotatable bonds is 3. The topological polar surface area (TPSA) is 49.0 Å². The van der Waals surface area contributed by atoms with Crippen molar-refractivity contribution in [2.24, 2.45) is 0 Å². The Bertz CT molecular complexity index is 393. The molecule has 0 aliphatic carbocycles. The molecule has 5 heteroatoms. The summed E-state index contributed by atoms with van der Waals surface area (Å²) in [4.78, 5) is 13.2. The molecule has 1 rings (SSSR count). The van der Waals surface area contributed by atoms with Gasteiger partial charge >= 0.3 is 0 Å². The zero-order valence-electron chi connectivity index (χ0n) is 11.0. The molecule has 1 unspecified atom stereocenters. The van der Waals surface area contributed by atoms with Crippen LogP contribution in [-0.2, 0) is 16.8 Å². The highest BCUT2D eigenvalue weighted by Gasteiger charge is 2.19. The number of alkyl halides is 1. The Balaban J connectivity index is 2.70. The number of H-pyrrole nitrogens is 1. The fourth-order valence-electron chi connectivity index (χ4n) is 1.46. The summed E-state index contributed by atoms with van der Waals surface area (Å²) < 4.78 is 0. The van der Waals surface area contributed by atoms with Crippen LogP contribution in [0.2, 0.25) is 0 Å². The SMILES string of the molecule is CC(Cl)C(=O)N(C)Cc1cc(C(C)(C)C)n[nH]1. The van der Waals surface area contributed by atoms with E-state index in [9.17, 15) is 4.79 Å². The van der Waals surface area contributed by atoms with E-state index in [0.717, 1.165) is 11.4 Å². The maximum Gasteiger partial charge on any atom is 0.240 e. The van der Waals surface area contributed by atoms with Crippen molar-refractivity contribution < 1.29 is 4.79 Å². The van der Waals surface area contributed by atoms with Crippen LogP contribution in [0.15, 0.2) is 6.07 Å². The quantitative estimate of drug-likeness (QED) is 0.845. The van der Waals surface area contributed by atoms with Crippen molar-refractivity contribution in [3.8, 4) is 0 Å². The van der Waals surface area contributed by atoms with Crippen molar-refractivity contribution in [1.82, 2.24) is 15.1 Å². The minimum absolute atomic E-state index is 0.0110. The second-order valence-corrected chi connectivity index (χ2v) is 5.99. The van der Waals surface area contributed by atoms with Crippen LogP contribution < -0.4 is 0 Å². The molecule has 0 saturated heterocycles. The smallest absolute Gasteiger partial charge is 0.240 e. The van der Waals surface area contributed by atoms with E-state index in [1.54, 1.807) is 18.9 Å². The molecular weight excluding hydrogens is 238 g/mol. The number of carbonyl (C=O) groups is 1. The molecule has 0 bridgehead atoms. The minimum atomic E-state index is -0.495. The molecule has 1 N–H and O–H groups in total. The van der Waals surface area contributed by atoms with Gasteiger partial charge in [0, 0.05) is 12.5 Å². The first-order valence-electron chi connectivity index (χ1n) is 5.65. The number of carbonyl (C=O) groups excluding carboxylic acids is 1. The lowest BCUT2D eigenvalue weighted by Crippen LogP contribution is -2.31. The first kappa shape index (κ1) is 14.0. The lowest BCUT2D eigenvalue weighted by atomic mass is 9.92. The summed E-state index contributed by atoms with van der Waals surface area (Å²) in [6.45, 7) is 8.47. The number of hydrogen-bond acceptors (Lipinski definition) is 2. The molecule has 0 aromatic carbocycles. The lowest BCUT2D eigenvalue weighted by Gasteiger charge is -2.17. The highest BCUT2D eigenvalue weighted by atomic mass is 35.5. The molecule has 1 heterocycles. The van der Waals surface area contributed by atoms with E-state index in [-0.39, 0.29) is 11.3 Å². The molecule has 0 aliphatic heterocycles. The van der Waals surface area contributed by atoms with Gasteiger partial charge in [0.2, 0.25) is 5.91 Å². The van der Waals surface area contributed by atoms with Gasteiger partial charge < -0.3 is 4.90 Å². The van der Waals surface area contributed by atoms with Gasteiger partial charge in [0.15, 0.2) is 0 Å². The van der Waals surface area contributed by atoms with Gasteiger partial charge in [-0.05, 0) is 13.0 Å². The average molecular weight is 258 g/mol. The van der Waals surface area contributed by atoms with Crippen LogP contribution in [0.5, 0.6) is 0 Å².